The van der Waals surface area contributed by atoms with E-state index >= 15 is 0 Å². The molecule has 0 radical (unpaired) electrons. The zero-order valence-electron chi connectivity index (χ0n) is 77.3. The molecule has 13 heterocycles. The summed E-state index contributed by atoms with van der Waals surface area (Å²) in [5, 5.41) is 33.6. The van der Waals surface area contributed by atoms with Gasteiger partial charge in [-0.2, -0.15) is 35.7 Å². The summed E-state index contributed by atoms with van der Waals surface area (Å²) in [7, 11) is 9.24. The van der Waals surface area contributed by atoms with Crippen LogP contribution in [0.5, 0.6) is 0 Å². The van der Waals surface area contributed by atoms with Gasteiger partial charge >= 0.3 is 29.6 Å². The third kappa shape index (κ3) is 38.6. The van der Waals surface area contributed by atoms with Crippen LogP contribution in [-0.4, -0.2) is 162 Å². The number of benzene rings is 2. The topological polar surface area (TPSA) is 307 Å². The summed E-state index contributed by atoms with van der Waals surface area (Å²) in [6.45, 7) is 24.3. The molecule has 13 aromatic rings. The molecule has 2 aliphatic rings. The van der Waals surface area contributed by atoms with Gasteiger partial charge in [-0.15, -0.1) is 42.7 Å². The first-order valence-corrected chi connectivity index (χ1v) is 43.4. The number of anilines is 1. The van der Waals surface area contributed by atoms with E-state index in [0.29, 0.717) is 66.6 Å². The van der Waals surface area contributed by atoms with E-state index in [0.717, 1.165) is 80.0 Å². The molecule has 11 aromatic heterocycles. The fourth-order valence-corrected chi connectivity index (χ4v) is 13.7. The Morgan fingerprint density at radius 1 is 0.545 bits per heavy atom. The van der Waals surface area contributed by atoms with E-state index in [9.17, 15) is 13.6 Å². The molecule has 0 unspecified atom stereocenters. The number of hydrogen-bond acceptors (Lipinski definition) is 22. The van der Waals surface area contributed by atoms with E-state index in [1.165, 1.54) is 84.3 Å². The van der Waals surface area contributed by atoms with Crippen LogP contribution in [0.3, 0.4) is 0 Å². The number of terminal acetylenes is 4. The summed E-state index contributed by atoms with van der Waals surface area (Å²) in [5.41, 5.74) is 15.9. The number of nitrogens with zero attached hydrogens (tertiary/aromatic N) is 23. The number of carbonyl (C=O) groups is 1. The molecule has 0 saturated heterocycles. The Balaban J connectivity index is 0.00000152. The molecule has 0 aliphatic carbocycles. The third-order valence-electron chi connectivity index (χ3n) is 17.1. The van der Waals surface area contributed by atoms with E-state index in [4.69, 9.17) is 25.7 Å². The quantitative estimate of drug-likeness (QED) is 0.0247. The Labute approximate surface area is 859 Å². The maximum Gasteiger partial charge on any atom is 1.00 e. The van der Waals surface area contributed by atoms with E-state index in [2.05, 4.69) is 338 Å². The van der Waals surface area contributed by atoms with Gasteiger partial charge in [0.05, 0.1) is 54.5 Å². The summed E-state index contributed by atoms with van der Waals surface area (Å²) < 4.78 is 43.4. The summed E-state index contributed by atoms with van der Waals surface area (Å²) >= 11 is 16.5. The molecule has 0 saturated carbocycles. The van der Waals surface area contributed by atoms with Crippen LogP contribution >= 0.6 is 96.6 Å². The predicted octanol–water partition coefficient (Wildman–Crippen LogP) is 11.7. The van der Waals surface area contributed by atoms with Crippen LogP contribution in [0.15, 0.2) is 157 Å². The van der Waals surface area contributed by atoms with Crippen molar-refractivity contribution in [2.24, 2.45) is 32.1 Å². The Morgan fingerprint density at radius 2 is 0.963 bits per heavy atom. The van der Waals surface area contributed by atoms with Crippen molar-refractivity contribution in [2.75, 3.05) is 51.7 Å². The van der Waals surface area contributed by atoms with Crippen molar-refractivity contribution >= 4 is 137 Å². The molecule has 0 atom stereocenters. The monoisotopic (exact) mass is 2190 g/mol. The second-order valence-electron chi connectivity index (χ2n) is 25.3. The number of halogens is 8. The molecular formula is C97H96Br6F2N27NaO. The van der Waals surface area contributed by atoms with Crippen molar-refractivity contribution in [3.63, 3.8) is 0 Å². The fraction of sp³-hybridized carbons (Fsp3) is 0.237. The van der Waals surface area contributed by atoms with Gasteiger partial charge in [-0.25, -0.2) is 47.4 Å². The van der Waals surface area contributed by atoms with Gasteiger partial charge in [0.25, 0.3) is 0 Å². The minimum atomic E-state index is -0.351. The average Bonchev–Trinajstić information content (AvgIpc) is 1.60. The number of aromatic nitrogens is 20. The molecule has 5 N–H and O–H groups in total. The Morgan fingerprint density at radius 3 is 1.39 bits per heavy atom. The van der Waals surface area contributed by atoms with Crippen molar-refractivity contribution in [2.45, 2.75) is 88.2 Å². The molecule has 0 spiro atoms. The standard InChI is InChI=1S/C19H18FN7.C14H10FN7.C9H4.C8H6.C7H7Br2N3.C7H6BrN3.C7H11N3.C7H4.C6H3Br2NO.C6H15N.C6H2.CH6N2.BrH.Na.H2.H/c1-12-24-17(14-5-3-4-6-15(14)20)18-19(21-11-23-27(12)18)26-8-7-13-9-22-25(2)16(13)10-26;1-9-20-12(10-4-2-3-5-11(10)15)13-14(17-7-19-22(9)13)21-8-16-6-18-21;1-3-5-7-9-8-6-4-2;1-3-5-7-8-6-4-2;1-10-12-2-5-6(8)3-11-4-7(5)9;1-11-7-4-9-3-6(8)5(7)2-10-11;1-10-7-5-8-3-2-6(7)4-9-10;1-3-5-7-6-4-2;7-5-1-9-2-6(8)4(5)3-10;1-4-7(5-2)6-3;1-3-5-6-4-2;1-3-2;;;;/h3-6,9,11H,7-8,10H2,1-2H3;2-8H,1H3;1H,2H3;1-2H3;2-4,10H,1H3;2-4H,1H3;4,8H,2-3,5H2,1H3;1H,2H3;1-3H;4-6H2,1-3H3;1-2H;3H,2H2,1H3;1H;;1H;/q;;;;;;;;;;;;;+1;;-1. The van der Waals surface area contributed by atoms with Gasteiger partial charge in [-0.1, -0.05) is 68.7 Å². The number of nitrogens with two attached hydrogens (primary N) is 1. The number of hydrazine groups is 1. The van der Waals surface area contributed by atoms with Crippen LogP contribution in [0.1, 0.15) is 101 Å². The number of hydrazone groups is 1. The van der Waals surface area contributed by atoms with E-state index in [1.54, 1.807) is 136 Å². The zero-order chi connectivity index (χ0) is 97.0. The molecule has 0 bridgehead atoms. The SMILES string of the molecule is Br.C#CC#CC#C.C#CC#CC#CC.C#CC#CC#CC#CC.CC#CC#CC#CC.CCN(CC)CC.CNN.CNN=Cc1c(Br)cncc1Br.Cc1nc(-c2ccccc2F)c2c(-n3cncn3)ncnn12.Cc1nc(-c2ccccc2F)c2c(N3CCc4cnn(C)c4C3)ncnn12.Cn1ncc2c(Br)cncc21.Cn1ncc2c1CNCC2.O=Cc1c(Br)cncc1Br.[H-].[HH].[Na+]. The molecule has 15 rings (SSSR count). The number of imidazole rings is 2. The molecule has 682 valence electrons. The van der Waals surface area contributed by atoms with Gasteiger partial charge in [0, 0.05) is 124 Å². The first-order chi connectivity index (χ1) is 64.0. The summed E-state index contributed by atoms with van der Waals surface area (Å²) in [6.07, 6.45) is 45.2. The summed E-state index contributed by atoms with van der Waals surface area (Å²) in [6, 6.07) is 13.1. The Bertz CT molecular complexity index is 6750. The molecule has 2 aliphatic heterocycles. The number of fused-ring (bicyclic) bond motifs is 5. The number of nitrogens with one attached hydrogen (secondary N) is 3. The van der Waals surface area contributed by atoms with Gasteiger partial charge in [0.15, 0.2) is 17.9 Å². The fourth-order valence-electron chi connectivity index (χ4n) is 11.0. The molecule has 0 amide bonds. The minimum Gasteiger partial charge on any atom is -1.00 e. The molecule has 2 aromatic carbocycles. The second-order valence-corrected chi connectivity index (χ2v) is 29.5. The van der Waals surface area contributed by atoms with Crippen LogP contribution in [0.2, 0.25) is 0 Å². The van der Waals surface area contributed by atoms with Crippen molar-refractivity contribution in [1.82, 2.24) is 119 Å². The second kappa shape index (κ2) is 67.9. The van der Waals surface area contributed by atoms with Crippen LogP contribution in [0, 0.1) is 181 Å². The number of aldehydes is 1. The predicted molar refractivity (Wildman–Crippen MR) is 549 cm³/mol. The molecule has 28 nitrogen and oxygen atoms in total. The maximum atomic E-state index is 14.5. The zero-order valence-corrected chi connectivity index (χ0v) is 87.9. The van der Waals surface area contributed by atoms with E-state index in [1.807, 2.05) is 62.1 Å². The van der Waals surface area contributed by atoms with E-state index < -0.39 is 0 Å². The van der Waals surface area contributed by atoms with Gasteiger partial charge in [-0.05, 0) is 309 Å². The summed E-state index contributed by atoms with van der Waals surface area (Å²) in [4.78, 5) is 48.5. The number of pyridine rings is 3. The number of aryl methyl sites for hydroxylation is 5. The van der Waals surface area contributed by atoms with Crippen LogP contribution in [0.4, 0.5) is 14.6 Å². The van der Waals surface area contributed by atoms with Gasteiger partial charge in [0.2, 0.25) is 0 Å². The molecule has 0 fully saturated rings. The average molecular weight is 2200 g/mol. The first kappa shape index (κ1) is 117. The van der Waals surface area contributed by atoms with E-state index in [-0.39, 0.29) is 61.0 Å². The van der Waals surface area contributed by atoms with Gasteiger partial charge < -0.3 is 22.0 Å². The molecular weight excluding hydrogens is 2100 g/mol. The smallest absolute Gasteiger partial charge is 1.00 e. The van der Waals surface area contributed by atoms with Crippen molar-refractivity contribution < 1.29 is 46.0 Å². The van der Waals surface area contributed by atoms with Crippen LogP contribution in [0.25, 0.3) is 50.3 Å². The number of carbonyl (C=O) groups excluding carboxylic acids is 1. The summed E-state index contributed by atoms with van der Waals surface area (Å²) in [5.74, 6) is 59.6. The number of rotatable bonds is 10. The molecule has 134 heavy (non-hydrogen) atoms. The minimum absolute atomic E-state index is 0. The van der Waals surface area contributed by atoms with Crippen LogP contribution < -0.4 is 56.5 Å². The third-order valence-corrected chi connectivity index (χ3v) is 20.3. The Kier molecular flexibility index (Phi) is 59.2. The Hall–Kier alpha value is -13.2. The largest absolute Gasteiger partial charge is 1.00 e. The normalized spacial score (nSPS) is 9.89. The van der Waals surface area contributed by atoms with Gasteiger partial charge in [0.1, 0.15) is 71.0 Å². The van der Waals surface area contributed by atoms with Crippen molar-refractivity contribution in [3.05, 3.63) is 209 Å². The van der Waals surface area contributed by atoms with Crippen molar-refractivity contribution in [1.29, 1.82) is 0 Å². The number of hydrogen-bond donors (Lipinski definition) is 4. The van der Waals surface area contributed by atoms with Crippen LogP contribution in [-0.2, 0) is 47.1 Å². The molecule has 37 heteroatoms. The maximum absolute atomic E-state index is 14.5. The first-order valence-electron chi connectivity index (χ1n) is 39.4. The van der Waals surface area contributed by atoms with Crippen molar-refractivity contribution in [3.8, 4) is 184 Å². The van der Waals surface area contributed by atoms with Gasteiger partial charge in [-0.3, -0.25) is 45.1 Å².